The maximum atomic E-state index is 10.2. The fourth-order valence-corrected chi connectivity index (χ4v) is 2.85. The van der Waals surface area contributed by atoms with Crippen molar-refractivity contribution in [1.29, 1.82) is 0 Å². The van der Waals surface area contributed by atoms with Crippen LogP contribution in [0.3, 0.4) is 0 Å². The minimum atomic E-state index is -1.11. The number of hydrogen-bond donors (Lipinski definition) is 3. The van der Waals surface area contributed by atoms with Gasteiger partial charge in [0.1, 0.15) is 5.72 Å². The van der Waals surface area contributed by atoms with Crippen LogP contribution in [0.5, 0.6) is 0 Å². The molecule has 5 nitrogen and oxygen atoms in total. The Morgan fingerprint density at radius 3 is 1.85 bits per heavy atom. The van der Waals surface area contributed by atoms with Crippen molar-refractivity contribution < 1.29 is 20.1 Å². The molecular formula is C21H43NO4. The van der Waals surface area contributed by atoms with Crippen molar-refractivity contribution in [3.05, 3.63) is 12.2 Å². The normalized spacial score (nSPS) is 15.0. The zero-order valence-corrected chi connectivity index (χ0v) is 17.9. The van der Waals surface area contributed by atoms with Gasteiger partial charge in [0.05, 0.1) is 6.10 Å². The third kappa shape index (κ3) is 13.3. The van der Waals surface area contributed by atoms with Crippen LogP contribution >= 0.6 is 0 Å². The van der Waals surface area contributed by atoms with Crippen LogP contribution in [0.15, 0.2) is 12.2 Å². The number of aliphatic carboxylic acids is 1. The summed E-state index contributed by atoms with van der Waals surface area (Å²) in [5, 5.41) is 27.7. The Hall–Kier alpha value is -0.910. The summed E-state index contributed by atoms with van der Waals surface area (Å²) in [4.78, 5) is 11.9. The van der Waals surface area contributed by atoms with Crippen LogP contribution in [0.1, 0.15) is 85.5 Å². The molecule has 5 heteroatoms. The van der Waals surface area contributed by atoms with Gasteiger partial charge in [-0.25, -0.2) is 0 Å². The fraction of sp³-hybridized carbons (Fsp3) is 0.857. The van der Waals surface area contributed by atoms with Gasteiger partial charge in [-0.1, -0.05) is 58.6 Å². The summed E-state index contributed by atoms with van der Waals surface area (Å²) in [5.74, 6) is -0.680. The Morgan fingerprint density at radius 1 is 1.00 bits per heavy atom. The second-order valence-corrected chi connectivity index (χ2v) is 7.47. The van der Waals surface area contributed by atoms with Gasteiger partial charge in [0, 0.05) is 6.42 Å². The van der Waals surface area contributed by atoms with Gasteiger partial charge in [-0.05, 0) is 52.6 Å². The number of aliphatic hydroxyl groups is 2. The maximum Gasteiger partial charge on any atom is 0.303 e. The smallest absolute Gasteiger partial charge is 0.303 e. The highest BCUT2D eigenvalue weighted by Crippen LogP contribution is 2.23. The average molecular weight is 374 g/mol. The van der Waals surface area contributed by atoms with Gasteiger partial charge in [0.15, 0.2) is 0 Å². The lowest BCUT2D eigenvalue weighted by Crippen LogP contribution is -2.56. The van der Waals surface area contributed by atoms with E-state index in [1.54, 1.807) is 25.9 Å². The fourth-order valence-electron chi connectivity index (χ4n) is 2.85. The summed E-state index contributed by atoms with van der Waals surface area (Å²) in [6.07, 6.45) is 13.3. The van der Waals surface area contributed by atoms with Crippen LogP contribution in [-0.2, 0) is 4.79 Å². The quantitative estimate of drug-likeness (QED) is 0.253. The van der Waals surface area contributed by atoms with Gasteiger partial charge in [-0.3, -0.25) is 9.69 Å². The predicted octanol–water partition coefficient (Wildman–Crippen LogP) is 4.43. The molecule has 156 valence electrons. The molecular weight excluding hydrogens is 330 g/mol. The molecule has 0 aliphatic carbocycles. The van der Waals surface area contributed by atoms with E-state index in [2.05, 4.69) is 19.1 Å². The first kappa shape index (κ1) is 27.3. The molecule has 0 aliphatic heterocycles. The molecule has 0 aromatic rings. The zero-order valence-electron chi connectivity index (χ0n) is 17.9. The van der Waals surface area contributed by atoms with Crippen molar-refractivity contribution in [3.8, 4) is 0 Å². The Kier molecular flexibility index (Phi) is 17.1. The van der Waals surface area contributed by atoms with E-state index in [-0.39, 0.29) is 5.92 Å². The highest BCUT2D eigenvalue weighted by Gasteiger charge is 2.38. The van der Waals surface area contributed by atoms with Gasteiger partial charge in [-0.2, -0.15) is 0 Å². The van der Waals surface area contributed by atoms with E-state index in [0.29, 0.717) is 6.42 Å². The average Bonchev–Trinajstić information content (AvgIpc) is 2.55. The first-order valence-corrected chi connectivity index (χ1v) is 10.0. The number of carbonyl (C=O) groups is 1. The predicted molar refractivity (Wildman–Crippen MR) is 109 cm³/mol. The van der Waals surface area contributed by atoms with Crippen LogP contribution in [-0.4, -0.2) is 52.1 Å². The zero-order chi connectivity index (χ0) is 20.6. The Morgan fingerprint density at radius 2 is 1.50 bits per heavy atom. The van der Waals surface area contributed by atoms with Crippen molar-refractivity contribution in [1.82, 2.24) is 4.90 Å². The van der Waals surface area contributed by atoms with E-state index in [0.717, 1.165) is 19.3 Å². The minimum Gasteiger partial charge on any atom is -0.481 e. The monoisotopic (exact) mass is 373 g/mol. The van der Waals surface area contributed by atoms with E-state index >= 15 is 0 Å². The number of aliphatic hydroxyl groups excluding tert-OH is 1. The van der Waals surface area contributed by atoms with Crippen molar-refractivity contribution in [2.45, 2.75) is 97.3 Å². The van der Waals surface area contributed by atoms with Crippen LogP contribution < -0.4 is 0 Å². The molecule has 2 atom stereocenters. The summed E-state index contributed by atoms with van der Waals surface area (Å²) in [5.41, 5.74) is -1.11. The third-order valence-corrected chi connectivity index (χ3v) is 4.58. The van der Waals surface area contributed by atoms with E-state index in [1.807, 2.05) is 13.8 Å². The topological polar surface area (TPSA) is 81.0 Å². The van der Waals surface area contributed by atoms with E-state index in [1.165, 1.54) is 32.1 Å². The molecule has 0 aromatic carbocycles. The molecule has 0 aliphatic rings. The van der Waals surface area contributed by atoms with Gasteiger partial charge in [-0.15, -0.1) is 0 Å². The van der Waals surface area contributed by atoms with Crippen LogP contribution in [0.2, 0.25) is 0 Å². The number of likely N-dealkylation sites (N-methyl/N-ethyl adjacent to an activating group) is 1. The van der Waals surface area contributed by atoms with Gasteiger partial charge >= 0.3 is 5.97 Å². The Balaban J connectivity index is 0. The van der Waals surface area contributed by atoms with Crippen LogP contribution in [0, 0.1) is 5.92 Å². The standard InChI is InChI=1S/C13H24O2.C8H19NO2/c1-2-3-4-5-6-7-8-9-10-11-12-13(14)15;1-6(2)8(11,7(3)10)9(4)5/h8-9H,2-7,10-12H2,1H3,(H,14,15);6-7,10-11H,1-5H3. The molecule has 2 unspecified atom stereocenters. The number of unbranched alkanes of at least 4 members (excludes halogenated alkanes) is 6. The molecule has 0 heterocycles. The van der Waals surface area contributed by atoms with Crippen molar-refractivity contribution in [2.24, 2.45) is 5.92 Å². The molecule has 0 saturated heterocycles. The van der Waals surface area contributed by atoms with Crippen molar-refractivity contribution >= 4 is 5.97 Å². The molecule has 0 aromatic heterocycles. The van der Waals surface area contributed by atoms with E-state index in [9.17, 15) is 15.0 Å². The number of rotatable bonds is 13. The van der Waals surface area contributed by atoms with Crippen LogP contribution in [0.25, 0.3) is 0 Å². The highest BCUT2D eigenvalue weighted by molar-refractivity contribution is 5.66. The second-order valence-electron chi connectivity index (χ2n) is 7.47. The molecule has 0 spiro atoms. The molecule has 3 N–H and O–H groups in total. The van der Waals surface area contributed by atoms with Gasteiger partial charge < -0.3 is 15.3 Å². The largest absolute Gasteiger partial charge is 0.481 e. The molecule has 0 radical (unpaired) electrons. The Bertz CT molecular complexity index is 343. The summed E-state index contributed by atoms with van der Waals surface area (Å²) >= 11 is 0. The number of allylic oxidation sites excluding steroid dienone is 2. The molecule has 26 heavy (non-hydrogen) atoms. The molecule has 0 bridgehead atoms. The lowest BCUT2D eigenvalue weighted by Gasteiger charge is -2.40. The van der Waals surface area contributed by atoms with Crippen LogP contribution in [0.4, 0.5) is 0 Å². The first-order chi connectivity index (χ1) is 12.1. The van der Waals surface area contributed by atoms with Crippen molar-refractivity contribution in [3.63, 3.8) is 0 Å². The first-order valence-electron chi connectivity index (χ1n) is 10.0. The minimum absolute atomic E-state index is 0.0116. The van der Waals surface area contributed by atoms with Gasteiger partial charge in [0.2, 0.25) is 0 Å². The molecule has 0 fully saturated rings. The van der Waals surface area contributed by atoms with Crippen molar-refractivity contribution in [2.75, 3.05) is 14.1 Å². The third-order valence-electron chi connectivity index (χ3n) is 4.58. The number of nitrogens with zero attached hydrogens (tertiary/aromatic N) is 1. The highest BCUT2D eigenvalue weighted by atomic mass is 16.4. The molecule has 0 saturated carbocycles. The van der Waals surface area contributed by atoms with E-state index < -0.39 is 17.8 Å². The molecule has 0 amide bonds. The summed E-state index contributed by atoms with van der Waals surface area (Å²) in [6, 6.07) is 0. The number of hydrogen-bond acceptors (Lipinski definition) is 4. The lowest BCUT2D eigenvalue weighted by atomic mass is 9.93. The second kappa shape index (κ2) is 16.3. The van der Waals surface area contributed by atoms with E-state index in [4.69, 9.17) is 5.11 Å². The Labute approximate surface area is 161 Å². The summed E-state index contributed by atoms with van der Waals surface area (Å²) < 4.78 is 0. The number of carboxylic acid groups (broad SMARTS) is 1. The summed E-state index contributed by atoms with van der Waals surface area (Å²) in [7, 11) is 3.51. The molecule has 0 rings (SSSR count). The maximum absolute atomic E-state index is 10.2. The SMILES string of the molecule is CC(C)C(O)(C(C)O)N(C)C.CCCCCCCC=CCCCC(=O)O. The lowest BCUT2D eigenvalue weighted by molar-refractivity contribution is -0.183. The van der Waals surface area contributed by atoms with Gasteiger partial charge in [0.25, 0.3) is 0 Å². The number of carboxylic acids is 1. The summed E-state index contributed by atoms with van der Waals surface area (Å²) in [6.45, 7) is 7.59.